The first-order valence-corrected chi connectivity index (χ1v) is 12.5. The SMILES string of the molecule is Nc1ccc(C(=O)Nc2cc(S(=O)(=O)[O-])cc3ccc(S(=O)(=O)[O-])cc23)c(S(=O)(=O)[O-])c1.[Na+].[Na+].[Na+]. The molecule has 0 bridgehead atoms. The molecule has 3 N–H and O–H groups in total. The topological polar surface area (TPSA) is 227 Å². The van der Waals surface area contributed by atoms with Gasteiger partial charge in [0.2, 0.25) is 0 Å². The van der Waals surface area contributed by atoms with Gasteiger partial charge in [-0.25, -0.2) is 25.3 Å². The van der Waals surface area contributed by atoms with E-state index in [1.807, 2.05) is 0 Å². The van der Waals surface area contributed by atoms with Gasteiger partial charge >= 0.3 is 88.7 Å². The Hall–Kier alpha value is -0.0800. The molecule has 1 amide bonds. The summed E-state index contributed by atoms with van der Waals surface area (Å²) in [7, 11) is -15.1. The number of rotatable bonds is 5. The monoisotopic (exact) mass is 568 g/mol. The van der Waals surface area contributed by atoms with Crippen LogP contribution in [0, 0.1) is 0 Å². The third-order valence-electron chi connectivity index (χ3n) is 4.24. The van der Waals surface area contributed by atoms with E-state index in [9.17, 15) is 43.7 Å². The van der Waals surface area contributed by atoms with Crippen molar-refractivity contribution in [2.24, 2.45) is 0 Å². The molecule has 0 saturated carbocycles. The zero-order valence-corrected chi connectivity index (χ0v) is 27.0. The van der Waals surface area contributed by atoms with Gasteiger partial charge in [-0.1, -0.05) is 6.07 Å². The fraction of sp³-hybridized carbons (Fsp3) is 0. The first-order valence-electron chi connectivity index (χ1n) is 8.24. The number of benzene rings is 3. The Labute approximate surface area is 267 Å². The van der Waals surface area contributed by atoms with Gasteiger partial charge in [-0.3, -0.25) is 4.79 Å². The Morgan fingerprint density at radius 2 is 1.29 bits per heavy atom. The van der Waals surface area contributed by atoms with Crippen LogP contribution in [0.15, 0.2) is 63.2 Å². The number of amides is 1. The number of carbonyl (C=O) groups is 1. The maximum atomic E-state index is 12.7. The van der Waals surface area contributed by atoms with Crippen molar-refractivity contribution >= 4 is 58.4 Å². The van der Waals surface area contributed by atoms with E-state index in [1.54, 1.807) is 0 Å². The first kappa shape index (κ1) is 34.9. The summed E-state index contributed by atoms with van der Waals surface area (Å²) in [6.45, 7) is 0. The fourth-order valence-electron chi connectivity index (χ4n) is 2.84. The normalized spacial score (nSPS) is 11.5. The van der Waals surface area contributed by atoms with Crippen LogP contribution in [-0.4, -0.2) is 44.8 Å². The fourth-order valence-corrected chi connectivity index (χ4v) is 4.58. The zero-order chi connectivity index (χ0) is 24.1. The van der Waals surface area contributed by atoms with E-state index in [2.05, 4.69) is 5.32 Å². The first-order chi connectivity index (χ1) is 14.6. The van der Waals surface area contributed by atoms with Crippen molar-refractivity contribution in [2.75, 3.05) is 11.1 Å². The van der Waals surface area contributed by atoms with Gasteiger partial charge in [-0.05, 0) is 47.9 Å². The van der Waals surface area contributed by atoms with Gasteiger partial charge in [0.05, 0.1) is 25.9 Å². The average molecular weight is 568 g/mol. The van der Waals surface area contributed by atoms with Crippen LogP contribution in [0.1, 0.15) is 10.4 Å². The van der Waals surface area contributed by atoms with Crippen LogP contribution < -0.4 is 99.7 Å². The molecule has 3 rings (SSSR count). The van der Waals surface area contributed by atoms with E-state index in [4.69, 9.17) is 5.73 Å². The van der Waals surface area contributed by atoms with Gasteiger partial charge in [-0.2, -0.15) is 0 Å². The molecule has 0 aliphatic rings. The molecule has 12 nitrogen and oxygen atoms in total. The second-order valence-corrected chi connectivity index (χ2v) is 10.5. The standard InChI is InChI=1S/C17H14N2O10S3.3Na/c18-10-2-4-13(16(6-10)32(27,28)29)17(20)19-15-8-12(31(24,25)26)5-9-1-3-11(7-14(9)15)30(21,22)23;;;/h1-8H,18H2,(H,19,20)(H,21,22,23)(H,24,25,26)(H,27,28,29);;;/q;3*+1/p-3. The maximum absolute atomic E-state index is 12.7. The number of anilines is 2. The van der Waals surface area contributed by atoms with Gasteiger partial charge in [0.25, 0.3) is 5.91 Å². The average Bonchev–Trinajstić information content (AvgIpc) is 2.65. The second kappa shape index (κ2) is 12.6. The summed E-state index contributed by atoms with van der Waals surface area (Å²) < 4.78 is 103. The van der Waals surface area contributed by atoms with Gasteiger partial charge in [0.15, 0.2) is 0 Å². The molecule has 3 aromatic rings. The zero-order valence-electron chi connectivity index (χ0n) is 18.5. The van der Waals surface area contributed by atoms with Crippen molar-refractivity contribution in [3.8, 4) is 0 Å². The minimum absolute atomic E-state index is 0. The molecular weight excluding hydrogens is 557 g/mol. The van der Waals surface area contributed by atoms with Crippen LogP contribution >= 0.6 is 0 Å². The molecule has 0 aromatic heterocycles. The van der Waals surface area contributed by atoms with Crippen molar-refractivity contribution in [2.45, 2.75) is 14.7 Å². The number of nitrogen functional groups attached to an aromatic ring is 1. The van der Waals surface area contributed by atoms with Crippen LogP contribution in [0.2, 0.25) is 0 Å². The van der Waals surface area contributed by atoms with Crippen molar-refractivity contribution in [3.05, 3.63) is 54.1 Å². The Kier molecular flexibility index (Phi) is 12.6. The predicted octanol–water partition coefficient (Wildman–Crippen LogP) is -8.60. The Balaban J connectivity index is 0.00000385. The smallest absolute Gasteiger partial charge is 0.744 e. The van der Waals surface area contributed by atoms with Crippen LogP contribution in [0.4, 0.5) is 11.4 Å². The van der Waals surface area contributed by atoms with Crippen molar-refractivity contribution in [1.82, 2.24) is 0 Å². The summed E-state index contributed by atoms with van der Waals surface area (Å²) in [5, 5.41) is 1.96. The quantitative estimate of drug-likeness (QED) is 0.167. The van der Waals surface area contributed by atoms with E-state index in [0.29, 0.717) is 6.07 Å². The van der Waals surface area contributed by atoms with E-state index in [-0.39, 0.29) is 105 Å². The number of fused-ring (bicyclic) bond motifs is 1. The van der Waals surface area contributed by atoms with Gasteiger partial charge in [-0.15, -0.1) is 0 Å². The van der Waals surface area contributed by atoms with Crippen LogP contribution in [0.3, 0.4) is 0 Å². The molecule has 170 valence electrons. The van der Waals surface area contributed by atoms with E-state index < -0.39 is 62.2 Å². The number of carbonyl (C=O) groups excluding carboxylic acids is 1. The number of hydrogen-bond donors (Lipinski definition) is 2. The predicted molar refractivity (Wildman–Crippen MR) is 107 cm³/mol. The van der Waals surface area contributed by atoms with Crippen LogP contribution in [0.5, 0.6) is 0 Å². The van der Waals surface area contributed by atoms with Crippen molar-refractivity contribution in [3.63, 3.8) is 0 Å². The number of hydrogen-bond acceptors (Lipinski definition) is 11. The van der Waals surface area contributed by atoms with Crippen molar-refractivity contribution in [1.29, 1.82) is 0 Å². The third-order valence-corrected chi connectivity index (χ3v) is 6.77. The molecule has 0 aliphatic carbocycles. The molecule has 3 aromatic carbocycles. The Morgan fingerprint density at radius 1 is 0.714 bits per heavy atom. The van der Waals surface area contributed by atoms with E-state index >= 15 is 0 Å². The summed E-state index contributed by atoms with van der Waals surface area (Å²) in [6.07, 6.45) is 0. The minimum atomic E-state index is -5.15. The molecule has 0 radical (unpaired) electrons. The summed E-state index contributed by atoms with van der Waals surface area (Å²) in [5.74, 6) is -1.21. The molecule has 35 heavy (non-hydrogen) atoms. The van der Waals surface area contributed by atoms with Crippen molar-refractivity contribution < 1.29 is 132 Å². The number of nitrogens with one attached hydrogen (secondary N) is 1. The number of nitrogens with two attached hydrogens (primary N) is 1. The minimum Gasteiger partial charge on any atom is -0.744 e. The summed E-state index contributed by atoms with van der Waals surface area (Å²) >= 11 is 0. The molecule has 18 heteroatoms. The Bertz CT molecular complexity index is 1610. The maximum Gasteiger partial charge on any atom is 1.00 e. The largest absolute Gasteiger partial charge is 1.00 e. The summed E-state index contributed by atoms with van der Waals surface area (Å²) in [6, 6.07) is 7.15. The summed E-state index contributed by atoms with van der Waals surface area (Å²) in [5.41, 5.74) is 4.24. The molecule has 0 heterocycles. The Morgan fingerprint density at radius 3 is 1.80 bits per heavy atom. The molecule has 0 unspecified atom stereocenters. The second-order valence-electron chi connectivity index (χ2n) is 6.43. The molecular formula is C17H11N2Na3O10S3. The molecule has 0 fully saturated rings. The molecule has 0 spiro atoms. The van der Waals surface area contributed by atoms with Crippen LogP contribution in [-0.2, 0) is 30.4 Å². The van der Waals surface area contributed by atoms with Gasteiger partial charge < -0.3 is 24.7 Å². The van der Waals surface area contributed by atoms with E-state index in [1.165, 1.54) is 0 Å². The molecule has 0 saturated heterocycles. The molecule has 0 atom stereocenters. The van der Waals surface area contributed by atoms with Gasteiger partial charge in [0, 0.05) is 11.1 Å². The van der Waals surface area contributed by atoms with Gasteiger partial charge in [0.1, 0.15) is 30.4 Å². The third kappa shape index (κ3) is 8.46. The van der Waals surface area contributed by atoms with E-state index in [0.717, 1.165) is 42.5 Å². The molecule has 0 aliphatic heterocycles. The summed E-state index contributed by atoms with van der Waals surface area (Å²) in [4.78, 5) is 10.2. The van der Waals surface area contributed by atoms with Crippen LogP contribution in [0.25, 0.3) is 10.8 Å².